The van der Waals surface area contributed by atoms with Gasteiger partial charge in [0.25, 0.3) is 5.95 Å². The first-order valence-corrected chi connectivity index (χ1v) is 12.1. The lowest BCUT2D eigenvalue weighted by Gasteiger charge is -2.27. The number of morpholine rings is 1. The zero-order valence-corrected chi connectivity index (χ0v) is 20.0. The highest BCUT2D eigenvalue weighted by Crippen LogP contribution is 2.30. The number of rotatable bonds is 7. The van der Waals surface area contributed by atoms with Crippen LogP contribution in [-0.2, 0) is 11.3 Å². The van der Waals surface area contributed by atoms with Crippen LogP contribution in [0.2, 0.25) is 0 Å². The Balaban J connectivity index is 1.20. The Morgan fingerprint density at radius 1 is 1.09 bits per heavy atom. The number of thiophene rings is 1. The number of pyridine rings is 1. The average molecular weight is 490 g/mol. The molecule has 1 aliphatic rings. The number of anilines is 3. The molecular formula is C25H24FN7OS. The molecule has 0 amide bonds. The second kappa shape index (κ2) is 10.7. The molecule has 1 saturated heterocycles. The van der Waals surface area contributed by atoms with Crippen LogP contribution in [0.3, 0.4) is 0 Å². The zero-order chi connectivity index (χ0) is 24.0. The highest BCUT2D eigenvalue weighted by atomic mass is 32.1. The van der Waals surface area contributed by atoms with Crippen LogP contribution < -0.4 is 10.2 Å². The molecule has 10 heteroatoms. The standard InChI is InChI=1S/C25H24FN7OS/c1-17-13-18(6-7-21(17)23-3-2-12-35-23)30-20-5-4-19(27-14-20)15-29-32-25-28-16-22(26)24(31-25)33-8-10-34-11-9-33/h2-7,12-14,16,30H,8-11,15H2,1H3. The van der Waals surface area contributed by atoms with Gasteiger partial charge < -0.3 is 15.0 Å². The summed E-state index contributed by atoms with van der Waals surface area (Å²) >= 11 is 1.74. The van der Waals surface area contributed by atoms with E-state index in [1.165, 1.54) is 16.0 Å². The normalized spacial score (nSPS) is 13.9. The van der Waals surface area contributed by atoms with Gasteiger partial charge in [0.1, 0.15) is 6.54 Å². The summed E-state index contributed by atoms with van der Waals surface area (Å²) in [7, 11) is 0. The highest BCUT2D eigenvalue weighted by Gasteiger charge is 2.17. The number of aromatic nitrogens is 3. The molecule has 0 bridgehead atoms. The molecule has 0 atom stereocenters. The van der Waals surface area contributed by atoms with E-state index in [0.717, 1.165) is 23.3 Å². The van der Waals surface area contributed by atoms with Gasteiger partial charge in [0.2, 0.25) is 0 Å². The Hall–Kier alpha value is -3.76. The Morgan fingerprint density at radius 2 is 1.94 bits per heavy atom. The van der Waals surface area contributed by atoms with Gasteiger partial charge in [0, 0.05) is 23.7 Å². The van der Waals surface area contributed by atoms with Crippen molar-refractivity contribution in [3.63, 3.8) is 0 Å². The van der Waals surface area contributed by atoms with Crippen LogP contribution in [0.25, 0.3) is 10.4 Å². The van der Waals surface area contributed by atoms with Crippen LogP contribution in [0, 0.1) is 12.7 Å². The third kappa shape index (κ3) is 5.67. The fourth-order valence-electron chi connectivity index (χ4n) is 3.77. The van der Waals surface area contributed by atoms with Gasteiger partial charge in [0.05, 0.1) is 37.0 Å². The number of hydrogen-bond donors (Lipinski definition) is 1. The minimum absolute atomic E-state index is 0.118. The summed E-state index contributed by atoms with van der Waals surface area (Å²) in [6.45, 7) is 4.61. The summed E-state index contributed by atoms with van der Waals surface area (Å²) < 4.78 is 19.5. The van der Waals surface area contributed by atoms with Crippen molar-refractivity contribution in [2.75, 3.05) is 36.5 Å². The predicted octanol–water partition coefficient (Wildman–Crippen LogP) is 5.91. The van der Waals surface area contributed by atoms with Gasteiger partial charge in [-0.2, -0.15) is 10.1 Å². The van der Waals surface area contributed by atoms with Crippen molar-refractivity contribution in [1.29, 1.82) is 0 Å². The van der Waals surface area contributed by atoms with Crippen molar-refractivity contribution in [2.24, 2.45) is 10.2 Å². The molecule has 0 unspecified atom stereocenters. The fourth-order valence-corrected chi connectivity index (χ4v) is 4.59. The minimum atomic E-state index is -0.480. The number of aryl methyl sites for hydroxylation is 1. The second-order valence-electron chi connectivity index (χ2n) is 8.01. The molecule has 0 radical (unpaired) electrons. The van der Waals surface area contributed by atoms with Crippen LogP contribution in [-0.4, -0.2) is 41.3 Å². The van der Waals surface area contributed by atoms with E-state index >= 15 is 0 Å². The van der Waals surface area contributed by atoms with Crippen molar-refractivity contribution in [2.45, 2.75) is 13.5 Å². The number of azo groups is 1. The van der Waals surface area contributed by atoms with Gasteiger partial charge in [-0.05, 0) is 53.8 Å². The summed E-state index contributed by atoms with van der Waals surface area (Å²) in [5.74, 6) is -0.135. The maximum absolute atomic E-state index is 14.1. The second-order valence-corrected chi connectivity index (χ2v) is 8.96. The zero-order valence-electron chi connectivity index (χ0n) is 19.2. The van der Waals surface area contributed by atoms with E-state index in [0.29, 0.717) is 26.3 Å². The quantitative estimate of drug-likeness (QED) is 0.325. The summed E-state index contributed by atoms with van der Waals surface area (Å²) in [6, 6.07) is 14.4. The molecule has 178 valence electrons. The molecule has 0 aliphatic carbocycles. The first kappa shape index (κ1) is 23.0. The molecule has 0 saturated carbocycles. The van der Waals surface area contributed by atoms with Crippen LogP contribution in [0.1, 0.15) is 11.3 Å². The largest absolute Gasteiger partial charge is 0.378 e. The van der Waals surface area contributed by atoms with Crippen molar-refractivity contribution in [1.82, 2.24) is 15.0 Å². The molecule has 0 spiro atoms. The topological polar surface area (TPSA) is 87.9 Å². The first-order valence-electron chi connectivity index (χ1n) is 11.2. The fraction of sp³-hybridized carbons (Fsp3) is 0.240. The van der Waals surface area contributed by atoms with E-state index in [-0.39, 0.29) is 18.3 Å². The third-order valence-electron chi connectivity index (χ3n) is 5.54. The van der Waals surface area contributed by atoms with Gasteiger partial charge in [-0.25, -0.2) is 9.37 Å². The lowest BCUT2D eigenvalue weighted by molar-refractivity contribution is 0.122. The number of hydrogen-bond acceptors (Lipinski definition) is 9. The molecule has 5 rings (SSSR count). The van der Waals surface area contributed by atoms with E-state index < -0.39 is 5.82 Å². The average Bonchev–Trinajstić information content (AvgIpc) is 3.41. The maximum atomic E-state index is 14.1. The SMILES string of the molecule is Cc1cc(Nc2ccc(CN=Nc3ncc(F)c(N4CCOCC4)n3)nc2)ccc1-c1cccs1. The number of nitrogens with zero attached hydrogens (tertiary/aromatic N) is 6. The Bertz CT molecular complexity index is 1310. The molecule has 1 aliphatic heterocycles. The van der Waals surface area contributed by atoms with E-state index in [9.17, 15) is 4.39 Å². The highest BCUT2D eigenvalue weighted by molar-refractivity contribution is 7.13. The molecule has 1 aromatic carbocycles. The van der Waals surface area contributed by atoms with Crippen LogP contribution in [0.15, 0.2) is 70.5 Å². The molecule has 1 fully saturated rings. The molecule has 4 aromatic rings. The lowest BCUT2D eigenvalue weighted by Crippen LogP contribution is -2.37. The molecule has 8 nitrogen and oxygen atoms in total. The molecule has 35 heavy (non-hydrogen) atoms. The van der Waals surface area contributed by atoms with Crippen molar-refractivity contribution >= 4 is 34.5 Å². The van der Waals surface area contributed by atoms with E-state index in [1.54, 1.807) is 17.5 Å². The number of nitrogens with one attached hydrogen (secondary N) is 1. The van der Waals surface area contributed by atoms with Gasteiger partial charge in [0.15, 0.2) is 11.6 Å². The van der Waals surface area contributed by atoms with Crippen molar-refractivity contribution < 1.29 is 9.13 Å². The molecule has 1 N–H and O–H groups in total. The Morgan fingerprint density at radius 3 is 2.69 bits per heavy atom. The van der Waals surface area contributed by atoms with E-state index in [2.05, 4.69) is 73.1 Å². The van der Waals surface area contributed by atoms with Crippen LogP contribution in [0.4, 0.5) is 27.5 Å². The van der Waals surface area contributed by atoms with E-state index in [1.807, 2.05) is 17.0 Å². The maximum Gasteiger partial charge on any atom is 0.270 e. The van der Waals surface area contributed by atoms with E-state index in [4.69, 9.17) is 4.74 Å². The third-order valence-corrected chi connectivity index (χ3v) is 6.45. The monoisotopic (exact) mass is 489 g/mol. The molecular weight excluding hydrogens is 465 g/mol. The predicted molar refractivity (Wildman–Crippen MR) is 135 cm³/mol. The lowest BCUT2D eigenvalue weighted by atomic mass is 10.1. The number of ether oxygens (including phenoxy) is 1. The summed E-state index contributed by atoms with van der Waals surface area (Å²) in [5.41, 5.74) is 5.08. The summed E-state index contributed by atoms with van der Waals surface area (Å²) in [5, 5.41) is 13.7. The van der Waals surface area contributed by atoms with Crippen LogP contribution >= 0.6 is 11.3 Å². The molecule has 4 heterocycles. The number of benzene rings is 1. The molecule has 3 aromatic heterocycles. The first-order chi connectivity index (χ1) is 17.2. The van der Waals surface area contributed by atoms with Crippen LogP contribution in [0.5, 0.6) is 0 Å². The summed E-state index contributed by atoms with van der Waals surface area (Å²) in [4.78, 5) is 15.7. The summed E-state index contributed by atoms with van der Waals surface area (Å²) in [6.07, 6.45) is 2.89. The van der Waals surface area contributed by atoms with Gasteiger partial charge in [-0.1, -0.05) is 12.1 Å². The minimum Gasteiger partial charge on any atom is -0.378 e. The Labute approximate surface area is 206 Å². The van der Waals surface area contributed by atoms with Gasteiger partial charge in [-0.3, -0.25) is 4.98 Å². The van der Waals surface area contributed by atoms with Crippen molar-refractivity contribution in [3.8, 4) is 10.4 Å². The van der Waals surface area contributed by atoms with Gasteiger partial charge in [-0.15, -0.1) is 16.5 Å². The van der Waals surface area contributed by atoms with Crippen molar-refractivity contribution in [3.05, 3.63) is 77.3 Å². The number of halogens is 1. The van der Waals surface area contributed by atoms with Gasteiger partial charge >= 0.3 is 0 Å². The Kier molecular flexibility index (Phi) is 7.01. The smallest absolute Gasteiger partial charge is 0.270 e.